The molecule has 3 aromatic rings. The average molecular weight is 383 g/mol. The summed E-state index contributed by atoms with van der Waals surface area (Å²) in [5.41, 5.74) is 5.98. The van der Waals surface area contributed by atoms with Gasteiger partial charge in [0.05, 0.1) is 6.04 Å². The van der Waals surface area contributed by atoms with Crippen molar-refractivity contribution in [1.29, 1.82) is 0 Å². The molecular formula is C26H25NO2. The molecule has 1 aliphatic heterocycles. The van der Waals surface area contributed by atoms with Gasteiger partial charge in [-0.25, -0.2) is 0 Å². The number of aliphatic hydroxyl groups is 1. The van der Waals surface area contributed by atoms with E-state index in [9.17, 15) is 9.90 Å². The van der Waals surface area contributed by atoms with E-state index in [1.807, 2.05) is 61.5 Å². The number of amides is 1. The van der Waals surface area contributed by atoms with Crippen LogP contribution in [0.4, 0.5) is 0 Å². The van der Waals surface area contributed by atoms with Gasteiger partial charge in [0.25, 0.3) is 5.91 Å². The number of aryl methyl sites for hydroxylation is 2. The lowest BCUT2D eigenvalue weighted by Crippen LogP contribution is -2.29. The van der Waals surface area contributed by atoms with Crippen LogP contribution in [0, 0.1) is 6.92 Å². The molecule has 3 nitrogen and oxygen atoms in total. The largest absolute Gasteiger partial charge is 0.503 e. The van der Waals surface area contributed by atoms with Gasteiger partial charge in [0.15, 0.2) is 5.76 Å². The lowest BCUT2D eigenvalue weighted by Gasteiger charge is -2.27. The SMILES string of the molecule is CCc1ccc(C2C(c3ccc(C)cc3)=C(O)C(=O)N2Cc2ccccc2)cc1. The van der Waals surface area contributed by atoms with Crippen molar-refractivity contribution >= 4 is 11.5 Å². The van der Waals surface area contributed by atoms with E-state index in [-0.39, 0.29) is 17.7 Å². The Balaban J connectivity index is 1.80. The van der Waals surface area contributed by atoms with Crippen molar-refractivity contribution in [2.75, 3.05) is 0 Å². The Labute approximate surface area is 171 Å². The van der Waals surface area contributed by atoms with Crippen LogP contribution in [0.25, 0.3) is 5.57 Å². The molecule has 1 heterocycles. The minimum absolute atomic E-state index is 0.158. The zero-order chi connectivity index (χ0) is 20.4. The summed E-state index contributed by atoms with van der Waals surface area (Å²) in [5, 5.41) is 10.8. The highest BCUT2D eigenvalue weighted by atomic mass is 16.3. The molecule has 0 spiro atoms. The molecule has 1 amide bonds. The van der Waals surface area contributed by atoms with Crippen LogP contribution in [0.3, 0.4) is 0 Å². The van der Waals surface area contributed by atoms with E-state index in [0.29, 0.717) is 12.1 Å². The summed E-state index contributed by atoms with van der Waals surface area (Å²) >= 11 is 0. The summed E-state index contributed by atoms with van der Waals surface area (Å²) in [4.78, 5) is 14.8. The Bertz CT molecular complexity index is 1030. The highest BCUT2D eigenvalue weighted by molar-refractivity contribution is 6.05. The van der Waals surface area contributed by atoms with E-state index in [4.69, 9.17) is 0 Å². The molecule has 0 saturated carbocycles. The van der Waals surface area contributed by atoms with Crippen LogP contribution in [0.2, 0.25) is 0 Å². The van der Waals surface area contributed by atoms with Crippen molar-refractivity contribution in [3.63, 3.8) is 0 Å². The number of carbonyl (C=O) groups excluding carboxylic acids is 1. The molecule has 146 valence electrons. The second-order valence-corrected chi connectivity index (χ2v) is 7.54. The van der Waals surface area contributed by atoms with Gasteiger partial charge in [0.2, 0.25) is 0 Å². The molecule has 3 aromatic carbocycles. The summed E-state index contributed by atoms with van der Waals surface area (Å²) < 4.78 is 0. The lowest BCUT2D eigenvalue weighted by molar-refractivity contribution is -0.130. The van der Waals surface area contributed by atoms with E-state index in [2.05, 4.69) is 31.2 Å². The summed E-state index contributed by atoms with van der Waals surface area (Å²) in [6, 6.07) is 25.9. The standard InChI is InChI=1S/C26H25NO2/c1-3-19-11-15-22(16-12-19)24-23(21-13-9-18(2)10-14-21)25(28)26(29)27(24)17-20-7-5-4-6-8-20/h4-16,24,28H,3,17H2,1-2H3. The van der Waals surface area contributed by atoms with Gasteiger partial charge in [-0.2, -0.15) is 0 Å². The number of benzene rings is 3. The van der Waals surface area contributed by atoms with Gasteiger partial charge in [0.1, 0.15) is 0 Å². The van der Waals surface area contributed by atoms with Gasteiger partial charge in [0, 0.05) is 12.1 Å². The summed E-state index contributed by atoms with van der Waals surface area (Å²) in [5.74, 6) is -0.483. The Kier molecular flexibility index (Phi) is 5.22. The number of nitrogens with zero attached hydrogens (tertiary/aromatic N) is 1. The van der Waals surface area contributed by atoms with Crippen LogP contribution < -0.4 is 0 Å². The number of hydrogen-bond donors (Lipinski definition) is 1. The molecule has 1 atom stereocenters. The van der Waals surface area contributed by atoms with Gasteiger partial charge in [-0.3, -0.25) is 4.79 Å². The van der Waals surface area contributed by atoms with E-state index in [1.54, 1.807) is 4.90 Å². The summed E-state index contributed by atoms with van der Waals surface area (Å²) in [6.07, 6.45) is 0.962. The number of carbonyl (C=O) groups is 1. The molecule has 1 aliphatic rings. The van der Waals surface area contributed by atoms with E-state index in [1.165, 1.54) is 5.56 Å². The minimum Gasteiger partial charge on any atom is -0.503 e. The van der Waals surface area contributed by atoms with Gasteiger partial charge in [-0.05, 0) is 35.6 Å². The Morgan fingerprint density at radius 2 is 1.52 bits per heavy atom. The van der Waals surface area contributed by atoms with Gasteiger partial charge >= 0.3 is 0 Å². The van der Waals surface area contributed by atoms with Crippen LogP contribution in [-0.2, 0) is 17.8 Å². The van der Waals surface area contributed by atoms with Crippen molar-refractivity contribution in [3.05, 3.63) is 112 Å². The topological polar surface area (TPSA) is 40.5 Å². The first-order valence-electron chi connectivity index (χ1n) is 10.0. The second kappa shape index (κ2) is 7.96. The third kappa shape index (κ3) is 3.68. The third-order valence-corrected chi connectivity index (χ3v) is 5.57. The Morgan fingerprint density at radius 3 is 2.14 bits per heavy atom. The van der Waals surface area contributed by atoms with Crippen molar-refractivity contribution in [2.45, 2.75) is 32.9 Å². The summed E-state index contributed by atoms with van der Waals surface area (Å²) in [7, 11) is 0. The highest BCUT2D eigenvalue weighted by Gasteiger charge is 2.40. The predicted octanol–water partition coefficient (Wildman–Crippen LogP) is 5.61. The maximum atomic E-state index is 13.1. The first-order chi connectivity index (χ1) is 14.1. The number of aliphatic hydroxyl groups excluding tert-OH is 1. The maximum Gasteiger partial charge on any atom is 0.290 e. The molecule has 0 bridgehead atoms. The molecule has 0 fully saturated rings. The maximum absolute atomic E-state index is 13.1. The van der Waals surface area contributed by atoms with Crippen LogP contribution in [0.5, 0.6) is 0 Å². The molecule has 1 unspecified atom stereocenters. The fraction of sp³-hybridized carbons (Fsp3) is 0.192. The molecule has 0 saturated heterocycles. The van der Waals surface area contributed by atoms with E-state index < -0.39 is 0 Å². The van der Waals surface area contributed by atoms with Crippen molar-refractivity contribution in [3.8, 4) is 0 Å². The smallest absolute Gasteiger partial charge is 0.290 e. The van der Waals surface area contributed by atoms with Crippen LogP contribution in [-0.4, -0.2) is 15.9 Å². The fourth-order valence-corrected chi connectivity index (χ4v) is 3.91. The molecular weight excluding hydrogens is 358 g/mol. The molecule has 29 heavy (non-hydrogen) atoms. The van der Waals surface area contributed by atoms with Crippen molar-refractivity contribution in [2.24, 2.45) is 0 Å². The monoisotopic (exact) mass is 383 g/mol. The van der Waals surface area contributed by atoms with Gasteiger partial charge in [-0.1, -0.05) is 91.3 Å². The zero-order valence-electron chi connectivity index (χ0n) is 16.8. The Hall–Kier alpha value is -3.33. The van der Waals surface area contributed by atoms with E-state index in [0.717, 1.165) is 28.7 Å². The van der Waals surface area contributed by atoms with Crippen molar-refractivity contribution in [1.82, 2.24) is 4.90 Å². The average Bonchev–Trinajstić information content (AvgIpc) is 3.00. The quantitative estimate of drug-likeness (QED) is 0.622. The normalized spacial score (nSPS) is 16.6. The van der Waals surface area contributed by atoms with Gasteiger partial charge < -0.3 is 10.0 Å². The number of rotatable bonds is 5. The van der Waals surface area contributed by atoms with Gasteiger partial charge in [-0.15, -0.1) is 0 Å². The molecule has 1 N–H and O–H groups in total. The zero-order valence-corrected chi connectivity index (χ0v) is 16.8. The molecule has 4 rings (SSSR count). The fourth-order valence-electron chi connectivity index (χ4n) is 3.91. The molecule has 0 aromatic heterocycles. The predicted molar refractivity (Wildman–Crippen MR) is 116 cm³/mol. The molecule has 3 heteroatoms. The Morgan fingerprint density at radius 1 is 0.862 bits per heavy atom. The van der Waals surface area contributed by atoms with Crippen molar-refractivity contribution < 1.29 is 9.90 Å². The van der Waals surface area contributed by atoms with Crippen LogP contribution in [0.15, 0.2) is 84.6 Å². The molecule has 0 radical (unpaired) electrons. The van der Waals surface area contributed by atoms with E-state index >= 15 is 0 Å². The highest BCUT2D eigenvalue weighted by Crippen LogP contribution is 2.43. The summed E-state index contributed by atoms with van der Waals surface area (Å²) in [6.45, 7) is 4.60. The second-order valence-electron chi connectivity index (χ2n) is 7.54. The first-order valence-corrected chi connectivity index (χ1v) is 10.0. The molecule has 0 aliphatic carbocycles. The minimum atomic E-state index is -0.325. The van der Waals surface area contributed by atoms with Crippen LogP contribution >= 0.6 is 0 Å². The lowest BCUT2D eigenvalue weighted by atomic mass is 9.92. The first kappa shape index (κ1) is 19.0. The van der Waals surface area contributed by atoms with Crippen LogP contribution in [0.1, 0.15) is 40.8 Å². The number of hydrogen-bond acceptors (Lipinski definition) is 2. The third-order valence-electron chi connectivity index (χ3n) is 5.57.